The Morgan fingerprint density at radius 3 is 2.35 bits per heavy atom. The quantitative estimate of drug-likeness (QED) is 0.846. The molecule has 0 saturated carbocycles. The molecule has 8 heteroatoms. The molecular weight excluding hydrogens is 249 g/mol. The summed E-state index contributed by atoms with van der Waals surface area (Å²) in [6, 6.07) is 0.534. The Morgan fingerprint density at radius 1 is 1.41 bits per heavy atom. The molecule has 0 aromatic carbocycles. The van der Waals surface area contributed by atoms with Crippen molar-refractivity contribution in [2.45, 2.75) is 19.2 Å². The van der Waals surface area contributed by atoms with Gasteiger partial charge in [-0.3, -0.25) is 0 Å². The third kappa shape index (κ3) is 2.82. The molecule has 0 aliphatic carbocycles. The fraction of sp³-hybridized carbons (Fsp3) is 0.444. The van der Waals surface area contributed by atoms with E-state index in [0.29, 0.717) is 6.07 Å². The minimum Gasteiger partial charge on any atom is -0.495 e. The van der Waals surface area contributed by atoms with Crippen LogP contribution in [0, 0.1) is 0 Å². The van der Waals surface area contributed by atoms with E-state index in [1.165, 1.54) is 0 Å². The number of alkyl halides is 5. The van der Waals surface area contributed by atoms with Crippen molar-refractivity contribution >= 4 is 0 Å². The summed E-state index contributed by atoms with van der Waals surface area (Å²) in [5.41, 5.74) is -3.42. The minimum absolute atomic E-state index is 0.309. The maximum absolute atomic E-state index is 12.5. The van der Waals surface area contributed by atoms with Gasteiger partial charge in [0.15, 0.2) is 5.69 Å². The fourth-order valence-electron chi connectivity index (χ4n) is 1.23. The molecule has 1 heterocycles. The van der Waals surface area contributed by atoms with Crippen LogP contribution < -0.4 is 4.74 Å². The minimum atomic E-state index is -5.01. The van der Waals surface area contributed by atoms with Gasteiger partial charge < -0.3 is 9.84 Å². The number of pyridine rings is 1. The third-order valence-electron chi connectivity index (χ3n) is 1.96. The molecule has 0 amide bonds. The summed E-state index contributed by atoms with van der Waals surface area (Å²) in [6.07, 6.45) is -8.34. The van der Waals surface area contributed by atoms with E-state index in [0.717, 1.165) is 7.11 Å². The van der Waals surface area contributed by atoms with E-state index in [9.17, 15) is 22.0 Å². The van der Waals surface area contributed by atoms with Crippen LogP contribution >= 0.6 is 0 Å². The first kappa shape index (κ1) is 13.6. The zero-order valence-electron chi connectivity index (χ0n) is 8.55. The van der Waals surface area contributed by atoms with Gasteiger partial charge in [0.05, 0.1) is 19.3 Å². The smallest absolute Gasteiger partial charge is 0.433 e. The van der Waals surface area contributed by atoms with E-state index in [1.54, 1.807) is 0 Å². The molecule has 1 N–H and O–H groups in total. The van der Waals surface area contributed by atoms with Crippen molar-refractivity contribution in [3.63, 3.8) is 0 Å². The van der Waals surface area contributed by atoms with Gasteiger partial charge in [-0.2, -0.15) is 13.2 Å². The summed E-state index contributed by atoms with van der Waals surface area (Å²) in [5.74, 6) is -0.309. The second-order valence-corrected chi connectivity index (χ2v) is 3.03. The highest BCUT2D eigenvalue weighted by Gasteiger charge is 2.38. The summed E-state index contributed by atoms with van der Waals surface area (Å²) in [7, 11) is 1.08. The van der Waals surface area contributed by atoms with Crippen LogP contribution in [0.15, 0.2) is 6.07 Å². The van der Waals surface area contributed by atoms with Crippen molar-refractivity contribution in [2.75, 3.05) is 7.11 Å². The lowest BCUT2D eigenvalue weighted by Crippen LogP contribution is -2.15. The Bertz CT molecular complexity index is 405. The molecule has 0 aliphatic rings. The average Bonchev–Trinajstić information content (AvgIpc) is 2.25. The first-order valence-electron chi connectivity index (χ1n) is 4.35. The molecule has 96 valence electrons. The number of rotatable bonds is 3. The monoisotopic (exact) mass is 257 g/mol. The highest BCUT2D eigenvalue weighted by molar-refractivity contribution is 5.37. The molecule has 3 nitrogen and oxygen atoms in total. The van der Waals surface area contributed by atoms with E-state index in [4.69, 9.17) is 5.11 Å². The van der Waals surface area contributed by atoms with Gasteiger partial charge >= 0.3 is 6.18 Å². The van der Waals surface area contributed by atoms with Gasteiger partial charge in [0.2, 0.25) is 0 Å². The third-order valence-corrected chi connectivity index (χ3v) is 1.96. The zero-order valence-corrected chi connectivity index (χ0v) is 8.55. The number of methoxy groups -OCH3 is 1. The van der Waals surface area contributed by atoms with E-state index >= 15 is 0 Å². The van der Waals surface area contributed by atoms with Gasteiger partial charge in [0.25, 0.3) is 6.43 Å². The lowest BCUT2D eigenvalue weighted by atomic mass is 10.1. The fourth-order valence-corrected chi connectivity index (χ4v) is 1.23. The molecule has 0 aliphatic heterocycles. The summed E-state index contributed by atoms with van der Waals surface area (Å²) in [5, 5.41) is 8.77. The van der Waals surface area contributed by atoms with Crippen molar-refractivity contribution in [1.29, 1.82) is 0 Å². The molecule has 0 fully saturated rings. The Morgan fingerprint density at radius 2 is 2.00 bits per heavy atom. The van der Waals surface area contributed by atoms with E-state index in [1.807, 2.05) is 0 Å². The van der Waals surface area contributed by atoms with Gasteiger partial charge in [-0.25, -0.2) is 13.8 Å². The largest absolute Gasteiger partial charge is 0.495 e. The normalized spacial score (nSPS) is 12.0. The Labute approximate surface area is 92.8 Å². The van der Waals surface area contributed by atoms with Crippen LogP contribution in [0.4, 0.5) is 22.0 Å². The van der Waals surface area contributed by atoms with Crippen molar-refractivity contribution in [3.05, 3.63) is 23.0 Å². The predicted octanol–water partition coefficient (Wildman–Crippen LogP) is 2.54. The van der Waals surface area contributed by atoms with E-state index in [2.05, 4.69) is 9.72 Å². The van der Waals surface area contributed by atoms with Crippen molar-refractivity contribution < 1.29 is 31.8 Å². The first-order chi connectivity index (χ1) is 7.81. The molecule has 17 heavy (non-hydrogen) atoms. The highest BCUT2D eigenvalue weighted by Crippen LogP contribution is 2.37. The summed E-state index contributed by atoms with van der Waals surface area (Å²) >= 11 is 0. The lowest BCUT2D eigenvalue weighted by Gasteiger charge is -2.15. The molecule has 1 aromatic rings. The Hall–Kier alpha value is -1.44. The van der Waals surface area contributed by atoms with Crippen LogP contribution in [0.2, 0.25) is 0 Å². The van der Waals surface area contributed by atoms with E-state index < -0.39 is 36.2 Å². The molecule has 0 bridgehead atoms. The van der Waals surface area contributed by atoms with Crippen molar-refractivity contribution in [1.82, 2.24) is 4.98 Å². The molecule has 0 saturated heterocycles. The highest BCUT2D eigenvalue weighted by atomic mass is 19.4. The summed E-state index contributed by atoms with van der Waals surface area (Å²) in [6.45, 7) is -0.838. The second kappa shape index (κ2) is 4.82. The lowest BCUT2D eigenvalue weighted by molar-refractivity contribution is -0.143. The van der Waals surface area contributed by atoms with Crippen LogP contribution in [-0.2, 0) is 12.8 Å². The molecule has 1 aromatic heterocycles. The standard InChI is InChI=1S/C9H8F5NO2/c1-17-6-2-4(8(10)11)7(9(12,13)14)15-5(6)3-16/h2,8,16H,3H2,1H3. The van der Waals surface area contributed by atoms with Crippen LogP contribution in [-0.4, -0.2) is 17.2 Å². The molecular formula is C9H8F5NO2. The van der Waals surface area contributed by atoms with Crippen molar-refractivity contribution in [2.24, 2.45) is 0 Å². The SMILES string of the molecule is COc1cc(C(F)F)c(C(F)(F)F)nc1CO. The van der Waals surface area contributed by atoms with Crippen LogP contribution in [0.3, 0.4) is 0 Å². The van der Waals surface area contributed by atoms with Gasteiger partial charge in [-0.05, 0) is 6.07 Å². The topological polar surface area (TPSA) is 42.4 Å². The number of aliphatic hydroxyl groups is 1. The van der Waals surface area contributed by atoms with Gasteiger partial charge in [0, 0.05) is 0 Å². The number of aliphatic hydroxyl groups excluding tert-OH is 1. The Kier molecular flexibility index (Phi) is 3.87. The zero-order chi connectivity index (χ0) is 13.2. The number of hydrogen-bond acceptors (Lipinski definition) is 3. The predicted molar refractivity (Wildman–Crippen MR) is 46.7 cm³/mol. The van der Waals surface area contributed by atoms with Crippen LogP contribution in [0.25, 0.3) is 0 Å². The summed E-state index contributed by atoms with van der Waals surface area (Å²) < 4.78 is 66.8. The first-order valence-corrected chi connectivity index (χ1v) is 4.35. The summed E-state index contributed by atoms with van der Waals surface area (Å²) in [4.78, 5) is 2.97. The van der Waals surface area contributed by atoms with Gasteiger partial charge in [-0.15, -0.1) is 0 Å². The molecule has 1 rings (SSSR count). The Balaban J connectivity index is 3.46. The number of halogens is 5. The maximum Gasteiger partial charge on any atom is 0.433 e. The van der Waals surface area contributed by atoms with Gasteiger partial charge in [0.1, 0.15) is 11.4 Å². The molecule has 0 atom stereocenters. The number of ether oxygens (including phenoxy) is 1. The number of nitrogens with zero attached hydrogens (tertiary/aromatic N) is 1. The number of aromatic nitrogens is 1. The maximum atomic E-state index is 12.5. The average molecular weight is 257 g/mol. The van der Waals surface area contributed by atoms with Crippen LogP contribution in [0.5, 0.6) is 5.75 Å². The van der Waals surface area contributed by atoms with Crippen LogP contribution in [0.1, 0.15) is 23.4 Å². The molecule has 0 unspecified atom stereocenters. The van der Waals surface area contributed by atoms with Crippen molar-refractivity contribution in [3.8, 4) is 5.75 Å². The second-order valence-electron chi connectivity index (χ2n) is 3.03. The molecule has 0 radical (unpaired) electrons. The van der Waals surface area contributed by atoms with Gasteiger partial charge in [-0.1, -0.05) is 0 Å². The van der Waals surface area contributed by atoms with E-state index in [-0.39, 0.29) is 5.75 Å². The number of hydrogen-bond donors (Lipinski definition) is 1. The molecule has 0 spiro atoms.